The molecule has 4 rings (SSSR count). The lowest BCUT2D eigenvalue weighted by Gasteiger charge is -2.35. The average molecular weight is 366 g/mol. The van der Waals surface area contributed by atoms with Crippen LogP contribution in [0.4, 0.5) is 0 Å². The maximum Gasteiger partial charge on any atom is 0.254 e. The lowest BCUT2D eigenvalue weighted by atomic mass is 10.0. The highest BCUT2D eigenvalue weighted by atomic mass is 16.3. The van der Waals surface area contributed by atoms with E-state index in [0.717, 1.165) is 11.1 Å². The molecule has 2 N–H and O–H groups in total. The van der Waals surface area contributed by atoms with E-state index in [2.05, 4.69) is 0 Å². The van der Waals surface area contributed by atoms with Crippen molar-refractivity contribution in [3.05, 3.63) is 54.1 Å². The highest BCUT2D eigenvalue weighted by Crippen LogP contribution is 2.37. The van der Waals surface area contributed by atoms with Crippen LogP contribution in [0, 0.1) is 0 Å². The molecule has 1 aliphatic heterocycles. The van der Waals surface area contributed by atoms with Gasteiger partial charge in [0.1, 0.15) is 11.4 Å². The van der Waals surface area contributed by atoms with Gasteiger partial charge in [-0.05, 0) is 48.2 Å². The van der Waals surface area contributed by atoms with Crippen LogP contribution in [-0.2, 0) is 4.79 Å². The van der Waals surface area contributed by atoms with Gasteiger partial charge in [0.15, 0.2) is 0 Å². The third-order valence-corrected chi connectivity index (χ3v) is 5.31. The number of hydrogen-bond donors (Lipinski definition) is 2. The summed E-state index contributed by atoms with van der Waals surface area (Å²) in [4.78, 5) is 28.3. The summed E-state index contributed by atoms with van der Waals surface area (Å²) < 4.78 is 0. The largest absolute Gasteiger partial charge is 0.508 e. The maximum atomic E-state index is 12.7. The summed E-state index contributed by atoms with van der Waals surface area (Å²) in [6, 6.07) is 14.3. The van der Waals surface area contributed by atoms with Gasteiger partial charge in [-0.15, -0.1) is 0 Å². The molecule has 6 nitrogen and oxygen atoms in total. The van der Waals surface area contributed by atoms with Crippen LogP contribution in [-0.4, -0.2) is 63.6 Å². The minimum atomic E-state index is -1.14. The fourth-order valence-electron chi connectivity index (χ4n) is 3.38. The molecular weight excluding hydrogens is 344 g/mol. The van der Waals surface area contributed by atoms with Crippen molar-refractivity contribution in [1.29, 1.82) is 0 Å². The predicted octanol–water partition coefficient (Wildman–Crippen LogP) is 1.87. The first-order chi connectivity index (χ1) is 13.0. The van der Waals surface area contributed by atoms with Gasteiger partial charge in [-0.2, -0.15) is 0 Å². The Hall–Kier alpha value is -2.86. The zero-order chi connectivity index (χ0) is 19.0. The number of aliphatic hydroxyl groups is 1. The average Bonchev–Trinajstić information content (AvgIpc) is 3.46. The highest BCUT2D eigenvalue weighted by Gasteiger charge is 2.50. The Morgan fingerprint density at radius 3 is 1.78 bits per heavy atom. The number of aromatic hydroxyl groups is 1. The standard InChI is InChI=1S/C21H22N2O4/c24-18-7-5-16(6-8-18)15-1-3-17(4-2-15)19(25)22-11-13-23(14-12-22)20(26)21(27)9-10-21/h1-8,24,27H,9-14H2. The number of carbonyl (C=O) groups excluding carboxylic acids is 2. The van der Waals surface area contributed by atoms with Gasteiger partial charge in [-0.3, -0.25) is 9.59 Å². The zero-order valence-corrected chi connectivity index (χ0v) is 15.0. The molecule has 27 heavy (non-hydrogen) atoms. The summed E-state index contributed by atoms with van der Waals surface area (Å²) in [7, 11) is 0. The van der Waals surface area contributed by atoms with Gasteiger partial charge < -0.3 is 20.0 Å². The number of phenolic OH excluding ortho intramolecular Hbond substituents is 1. The summed E-state index contributed by atoms with van der Waals surface area (Å²) in [5.41, 5.74) is 1.41. The van der Waals surface area contributed by atoms with E-state index in [1.807, 2.05) is 24.3 Å². The molecule has 0 aromatic heterocycles. The lowest BCUT2D eigenvalue weighted by Crippen LogP contribution is -2.53. The summed E-state index contributed by atoms with van der Waals surface area (Å²) >= 11 is 0. The summed E-state index contributed by atoms with van der Waals surface area (Å²) in [6.45, 7) is 1.86. The van der Waals surface area contributed by atoms with Gasteiger partial charge in [0, 0.05) is 31.7 Å². The Kier molecular flexibility index (Phi) is 4.36. The lowest BCUT2D eigenvalue weighted by molar-refractivity contribution is -0.143. The minimum Gasteiger partial charge on any atom is -0.508 e. The van der Waals surface area contributed by atoms with Crippen molar-refractivity contribution in [2.75, 3.05) is 26.2 Å². The van der Waals surface area contributed by atoms with E-state index < -0.39 is 5.60 Å². The number of carbonyl (C=O) groups is 2. The van der Waals surface area contributed by atoms with E-state index in [0.29, 0.717) is 44.6 Å². The quantitative estimate of drug-likeness (QED) is 0.869. The van der Waals surface area contributed by atoms with Gasteiger partial charge in [0.05, 0.1) is 0 Å². The Labute approximate surface area is 157 Å². The normalized spacial score (nSPS) is 18.3. The SMILES string of the molecule is O=C(c1ccc(-c2ccc(O)cc2)cc1)N1CCN(C(=O)C2(O)CC2)CC1. The molecule has 2 aromatic carbocycles. The van der Waals surface area contributed by atoms with Crippen molar-refractivity contribution < 1.29 is 19.8 Å². The Balaban J connectivity index is 1.38. The second-order valence-electron chi connectivity index (χ2n) is 7.24. The third kappa shape index (κ3) is 3.53. The van der Waals surface area contributed by atoms with Crippen LogP contribution in [0.5, 0.6) is 5.75 Å². The minimum absolute atomic E-state index is 0.0514. The first kappa shape index (κ1) is 17.5. The number of rotatable bonds is 3. The Morgan fingerprint density at radius 2 is 1.26 bits per heavy atom. The smallest absolute Gasteiger partial charge is 0.254 e. The van der Waals surface area contributed by atoms with Crippen LogP contribution in [0.2, 0.25) is 0 Å². The molecule has 2 amide bonds. The van der Waals surface area contributed by atoms with Crippen LogP contribution in [0.25, 0.3) is 11.1 Å². The van der Waals surface area contributed by atoms with Crippen molar-refractivity contribution in [2.45, 2.75) is 18.4 Å². The third-order valence-electron chi connectivity index (χ3n) is 5.31. The molecule has 1 saturated carbocycles. The van der Waals surface area contributed by atoms with Crippen LogP contribution < -0.4 is 0 Å². The van der Waals surface area contributed by atoms with Crippen LogP contribution >= 0.6 is 0 Å². The fourth-order valence-corrected chi connectivity index (χ4v) is 3.38. The molecule has 0 atom stereocenters. The van der Waals surface area contributed by atoms with Gasteiger partial charge in [0.2, 0.25) is 0 Å². The molecule has 0 radical (unpaired) electrons. The number of piperazine rings is 1. The first-order valence-electron chi connectivity index (χ1n) is 9.17. The van der Waals surface area contributed by atoms with E-state index in [-0.39, 0.29) is 17.6 Å². The van der Waals surface area contributed by atoms with E-state index in [9.17, 15) is 19.8 Å². The van der Waals surface area contributed by atoms with Gasteiger partial charge in [0.25, 0.3) is 11.8 Å². The van der Waals surface area contributed by atoms with Gasteiger partial charge in [-0.1, -0.05) is 24.3 Å². The van der Waals surface area contributed by atoms with Crippen LogP contribution in [0.3, 0.4) is 0 Å². The second-order valence-corrected chi connectivity index (χ2v) is 7.24. The number of amides is 2. The van der Waals surface area contributed by atoms with Crippen molar-refractivity contribution in [3.8, 4) is 16.9 Å². The highest BCUT2D eigenvalue weighted by molar-refractivity contribution is 5.95. The number of benzene rings is 2. The van der Waals surface area contributed by atoms with Gasteiger partial charge >= 0.3 is 0 Å². The summed E-state index contributed by atoms with van der Waals surface area (Å²) in [5, 5.41) is 19.3. The van der Waals surface area contributed by atoms with Crippen LogP contribution in [0.15, 0.2) is 48.5 Å². The Bertz CT molecular complexity index is 849. The number of hydrogen-bond acceptors (Lipinski definition) is 4. The fraction of sp³-hybridized carbons (Fsp3) is 0.333. The van der Waals surface area contributed by atoms with E-state index in [4.69, 9.17) is 0 Å². The molecule has 1 heterocycles. The monoisotopic (exact) mass is 366 g/mol. The van der Waals surface area contributed by atoms with Gasteiger partial charge in [-0.25, -0.2) is 0 Å². The molecule has 0 spiro atoms. The molecule has 2 aliphatic rings. The van der Waals surface area contributed by atoms with Crippen molar-refractivity contribution in [2.24, 2.45) is 0 Å². The predicted molar refractivity (Wildman–Crippen MR) is 100 cm³/mol. The Morgan fingerprint density at radius 1 is 0.778 bits per heavy atom. The summed E-state index contributed by atoms with van der Waals surface area (Å²) in [6.07, 6.45) is 1.08. The molecule has 1 aliphatic carbocycles. The topological polar surface area (TPSA) is 81.1 Å². The molecule has 0 unspecified atom stereocenters. The maximum absolute atomic E-state index is 12.7. The van der Waals surface area contributed by atoms with Crippen molar-refractivity contribution in [1.82, 2.24) is 9.80 Å². The number of phenols is 1. The van der Waals surface area contributed by atoms with E-state index >= 15 is 0 Å². The molecule has 140 valence electrons. The molecule has 2 fully saturated rings. The summed E-state index contributed by atoms with van der Waals surface area (Å²) in [5.74, 6) is -0.0330. The molecule has 0 bridgehead atoms. The molecule has 1 saturated heterocycles. The van der Waals surface area contributed by atoms with Crippen molar-refractivity contribution in [3.63, 3.8) is 0 Å². The zero-order valence-electron chi connectivity index (χ0n) is 15.0. The van der Waals surface area contributed by atoms with Crippen molar-refractivity contribution >= 4 is 11.8 Å². The first-order valence-corrected chi connectivity index (χ1v) is 9.17. The number of nitrogens with zero attached hydrogens (tertiary/aromatic N) is 2. The molecular formula is C21H22N2O4. The molecule has 6 heteroatoms. The van der Waals surface area contributed by atoms with E-state index in [1.54, 1.807) is 34.1 Å². The van der Waals surface area contributed by atoms with E-state index in [1.165, 1.54) is 0 Å². The second kappa shape index (κ2) is 6.70. The molecule has 2 aromatic rings. The van der Waals surface area contributed by atoms with Crippen LogP contribution in [0.1, 0.15) is 23.2 Å².